The quantitative estimate of drug-likeness (QED) is 0.269. The minimum atomic E-state index is -1.37. The van der Waals surface area contributed by atoms with Gasteiger partial charge < -0.3 is 35.6 Å². The maximum Gasteiger partial charge on any atom is 0.334 e. The predicted molar refractivity (Wildman–Crippen MR) is 160 cm³/mol. The van der Waals surface area contributed by atoms with E-state index in [9.17, 15) is 19.8 Å². The van der Waals surface area contributed by atoms with E-state index < -0.39 is 30.4 Å². The largest absolute Gasteiger partial charge is 0.483 e. The van der Waals surface area contributed by atoms with E-state index in [1.54, 1.807) is 18.2 Å². The van der Waals surface area contributed by atoms with Gasteiger partial charge in [-0.05, 0) is 31.0 Å². The predicted octanol–water partition coefficient (Wildman–Crippen LogP) is 1.62. The van der Waals surface area contributed by atoms with Crippen molar-refractivity contribution in [1.29, 1.82) is 0 Å². The van der Waals surface area contributed by atoms with Gasteiger partial charge in [-0.25, -0.2) is 19.7 Å². The highest BCUT2D eigenvalue weighted by Gasteiger charge is 2.46. The van der Waals surface area contributed by atoms with Crippen molar-refractivity contribution in [1.82, 2.24) is 29.3 Å². The molecule has 0 bridgehead atoms. The Bertz CT molecular complexity index is 1490. The molecule has 236 valence electrons. The molecule has 2 aromatic heterocycles. The number of fused-ring (bicyclic) bond motifs is 1. The maximum absolute atomic E-state index is 13.0. The Balaban J connectivity index is 1.09. The van der Waals surface area contributed by atoms with Gasteiger partial charge >= 0.3 is 5.97 Å². The average molecular weight is 629 g/mol. The smallest absolute Gasteiger partial charge is 0.334 e. The van der Waals surface area contributed by atoms with Crippen LogP contribution in [0.3, 0.4) is 0 Å². The van der Waals surface area contributed by atoms with Gasteiger partial charge in [-0.3, -0.25) is 14.3 Å². The Morgan fingerprint density at radius 2 is 1.89 bits per heavy atom. The topological polar surface area (TPSA) is 181 Å². The molecule has 2 aliphatic heterocycles. The summed E-state index contributed by atoms with van der Waals surface area (Å²) in [5, 5.41) is 23.6. The molecule has 44 heavy (non-hydrogen) atoms. The van der Waals surface area contributed by atoms with Crippen LogP contribution in [0.4, 0.5) is 5.82 Å². The Kier molecular flexibility index (Phi) is 9.14. The number of benzene rings is 1. The van der Waals surface area contributed by atoms with Gasteiger partial charge in [0.15, 0.2) is 35.9 Å². The number of aliphatic hydroxyl groups excluding tert-OH is 1. The summed E-state index contributed by atoms with van der Waals surface area (Å²) in [4.78, 5) is 41.8. The number of carbonyl (C=O) groups is 2. The van der Waals surface area contributed by atoms with E-state index in [1.807, 2.05) is 4.90 Å². The third-order valence-corrected chi connectivity index (χ3v) is 9.01. The number of nitrogens with one attached hydrogen (secondary N) is 1. The van der Waals surface area contributed by atoms with Crippen LogP contribution in [0.25, 0.3) is 11.2 Å². The van der Waals surface area contributed by atoms with Crippen LogP contribution >= 0.6 is 11.6 Å². The van der Waals surface area contributed by atoms with Gasteiger partial charge in [0.05, 0.1) is 12.4 Å². The molecule has 1 aliphatic carbocycles. The van der Waals surface area contributed by atoms with Crippen molar-refractivity contribution in [2.75, 3.05) is 38.1 Å². The molecule has 2 saturated heterocycles. The molecule has 1 saturated carbocycles. The van der Waals surface area contributed by atoms with Crippen LogP contribution in [0, 0.1) is 0 Å². The molecule has 5 N–H and O–H groups in total. The number of anilines is 1. The van der Waals surface area contributed by atoms with Crippen LogP contribution in [0.5, 0.6) is 5.75 Å². The number of hydrogen-bond acceptors (Lipinski definition) is 11. The fourth-order valence-corrected chi connectivity index (χ4v) is 6.53. The Morgan fingerprint density at radius 3 is 2.61 bits per heavy atom. The minimum Gasteiger partial charge on any atom is -0.483 e. The standard InChI is InChI=1S/C29H37ClN8O6/c30-18-6-7-20(43-14-21(39)37-10-8-36(9-11-37)19-4-2-1-3-5-19)17(12-18)13-32-26-23-27(34-15-33-26)38(16-35-23)28-24(40)22(31)25(44-28)29(41)42/h6-7,12,15-16,19,22,24-25,28,40H,1-5,8-11,13-14,31H2,(H,41,42)(H,32,33,34)/t22-,24+,25-,28+/m0/s1. The lowest BCUT2D eigenvalue weighted by molar-refractivity contribution is -0.152. The van der Waals surface area contributed by atoms with Gasteiger partial charge in [0.25, 0.3) is 5.91 Å². The van der Waals surface area contributed by atoms with Crippen molar-refractivity contribution in [2.45, 2.75) is 69.2 Å². The van der Waals surface area contributed by atoms with Crippen LogP contribution in [-0.2, 0) is 20.9 Å². The van der Waals surface area contributed by atoms with E-state index in [2.05, 4.69) is 25.2 Å². The number of aromatic nitrogens is 4. The van der Waals surface area contributed by atoms with Crippen molar-refractivity contribution in [3.8, 4) is 5.75 Å². The number of aliphatic hydroxyl groups is 1. The minimum absolute atomic E-state index is 0.0497. The number of amides is 1. The molecule has 3 aromatic rings. The van der Waals surface area contributed by atoms with Crippen molar-refractivity contribution in [3.05, 3.63) is 41.4 Å². The number of carboxylic acid groups (broad SMARTS) is 1. The normalized spacial score (nSPS) is 24.9. The second-order valence-electron chi connectivity index (χ2n) is 11.5. The second kappa shape index (κ2) is 13.2. The third-order valence-electron chi connectivity index (χ3n) is 8.78. The van der Waals surface area contributed by atoms with Gasteiger partial charge in [-0.1, -0.05) is 30.9 Å². The molecule has 4 heterocycles. The lowest BCUT2D eigenvalue weighted by Gasteiger charge is -2.40. The monoisotopic (exact) mass is 628 g/mol. The Labute approximate surface area is 259 Å². The molecular weight excluding hydrogens is 592 g/mol. The molecular formula is C29H37ClN8O6. The summed E-state index contributed by atoms with van der Waals surface area (Å²) >= 11 is 6.30. The summed E-state index contributed by atoms with van der Waals surface area (Å²) in [6, 6.07) is 4.73. The molecule has 3 aliphatic rings. The molecule has 4 atom stereocenters. The number of carbonyl (C=O) groups excluding carboxylic acids is 1. The van der Waals surface area contributed by atoms with Crippen molar-refractivity contribution in [2.24, 2.45) is 5.73 Å². The van der Waals surface area contributed by atoms with Gasteiger partial charge in [0.2, 0.25) is 0 Å². The summed E-state index contributed by atoms with van der Waals surface area (Å²) in [5.41, 5.74) is 7.28. The first-order valence-corrected chi connectivity index (χ1v) is 15.3. The molecule has 0 spiro atoms. The molecule has 14 nitrogen and oxygen atoms in total. The zero-order valence-corrected chi connectivity index (χ0v) is 25.0. The molecule has 6 rings (SSSR count). The van der Waals surface area contributed by atoms with E-state index in [0.29, 0.717) is 52.4 Å². The first-order valence-electron chi connectivity index (χ1n) is 15.0. The van der Waals surface area contributed by atoms with E-state index in [0.717, 1.165) is 13.1 Å². The SMILES string of the molecule is N[C@H]1[C@@H](O)[C@H](n2cnc3c(NCc4cc(Cl)ccc4OCC(=O)N4CCN(C5CCCCC5)CC4)ncnc32)O[C@@H]1C(=O)O. The number of hydrogen-bond donors (Lipinski definition) is 4. The van der Waals surface area contributed by atoms with Crippen LogP contribution in [0.15, 0.2) is 30.9 Å². The number of piperazine rings is 1. The number of imidazole rings is 1. The molecule has 1 aromatic carbocycles. The first kappa shape index (κ1) is 30.5. The van der Waals surface area contributed by atoms with Crippen molar-refractivity contribution >= 4 is 40.5 Å². The lowest BCUT2D eigenvalue weighted by Crippen LogP contribution is -2.53. The number of carboxylic acids is 1. The van der Waals surface area contributed by atoms with E-state index in [1.165, 1.54) is 49.3 Å². The number of ether oxygens (including phenoxy) is 2. The Morgan fingerprint density at radius 1 is 1.11 bits per heavy atom. The van der Waals surface area contributed by atoms with Crippen molar-refractivity contribution in [3.63, 3.8) is 0 Å². The van der Waals surface area contributed by atoms with E-state index in [-0.39, 0.29) is 19.1 Å². The molecule has 0 unspecified atom stereocenters. The second-order valence-corrected chi connectivity index (χ2v) is 11.9. The first-order chi connectivity index (χ1) is 21.3. The van der Waals surface area contributed by atoms with E-state index >= 15 is 0 Å². The highest BCUT2D eigenvalue weighted by molar-refractivity contribution is 6.30. The molecule has 1 amide bonds. The number of nitrogens with two attached hydrogens (primary N) is 1. The zero-order valence-electron chi connectivity index (χ0n) is 24.2. The summed E-state index contributed by atoms with van der Waals surface area (Å²) < 4.78 is 12.9. The van der Waals surface area contributed by atoms with Crippen LogP contribution in [0.2, 0.25) is 5.02 Å². The number of nitrogens with zero attached hydrogens (tertiary/aromatic N) is 6. The maximum atomic E-state index is 13.0. The average Bonchev–Trinajstić information content (AvgIpc) is 3.60. The zero-order chi connectivity index (χ0) is 30.8. The van der Waals surface area contributed by atoms with Crippen LogP contribution in [0.1, 0.15) is 43.9 Å². The third kappa shape index (κ3) is 6.31. The fraction of sp³-hybridized carbons (Fsp3) is 0.552. The highest BCUT2D eigenvalue weighted by atomic mass is 35.5. The highest BCUT2D eigenvalue weighted by Crippen LogP contribution is 2.32. The number of rotatable bonds is 9. The summed E-state index contributed by atoms with van der Waals surface area (Å²) in [6.07, 6.45) is 5.41. The Hall–Kier alpha value is -3.56. The van der Waals surface area contributed by atoms with Gasteiger partial charge in [-0.2, -0.15) is 0 Å². The van der Waals surface area contributed by atoms with Crippen molar-refractivity contribution < 1.29 is 29.3 Å². The fourth-order valence-electron chi connectivity index (χ4n) is 6.33. The summed E-state index contributed by atoms with van der Waals surface area (Å²) in [6.45, 7) is 3.37. The molecule has 15 heteroatoms. The molecule has 0 radical (unpaired) electrons. The number of halogens is 1. The van der Waals surface area contributed by atoms with Crippen LogP contribution < -0.4 is 15.8 Å². The summed E-state index contributed by atoms with van der Waals surface area (Å²) in [5.74, 6) is -0.411. The molecule has 3 fully saturated rings. The lowest BCUT2D eigenvalue weighted by atomic mass is 9.94. The van der Waals surface area contributed by atoms with Gasteiger partial charge in [-0.15, -0.1) is 0 Å². The van der Waals surface area contributed by atoms with Gasteiger partial charge in [0, 0.05) is 49.4 Å². The number of aliphatic carboxylic acids is 1. The van der Waals surface area contributed by atoms with Gasteiger partial charge in [0.1, 0.15) is 18.2 Å². The summed E-state index contributed by atoms with van der Waals surface area (Å²) in [7, 11) is 0. The van der Waals surface area contributed by atoms with Crippen LogP contribution in [-0.4, -0.2) is 108 Å². The van der Waals surface area contributed by atoms with E-state index in [4.69, 9.17) is 26.8 Å².